The first-order valence-electron chi connectivity index (χ1n) is 6.73. The van der Waals surface area contributed by atoms with Crippen LogP contribution in [0.1, 0.15) is 18.5 Å². The van der Waals surface area contributed by atoms with Gasteiger partial charge in [-0.05, 0) is 13.0 Å². The Bertz CT molecular complexity index is 779. The van der Waals surface area contributed by atoms with Crippen molar-refractivity contribution in [1.29, 1.82) is 0 Å². The van der Waals surface area contributed by atoms with Gasteiger partial charge >= 0.3 is 5.69 Å². The molecule has 2 N–H and O–H groups in total. The summed E-state index contributed by atoms with van der Waals surface area (Å²) in [7, 11) is 1.56. The molecule has 116 valence electrons. The highest BCUT2D eigenvalue weighted by atomic mass is 16.5. The standard InChI is InChI=1S/C15H17N3O4/c1-10(11-5-3-4-6-12(11)22-2)16-14(20)9-18-8-7-13(19)17-15(18)21/h3-8,10H,9H2,1-2H3,(H,16,20)(H,17,19,21). The van der Waals surface area contributed by atoms with Crippen molar-refractivity contribution >= 4 is 5.91 Å². The second-order valence-electron chi connectivity index (χ2n) is 4.77. The Kier molecular flexibility index (Phi) is 4.77. The van der Waals surface area contributed by atoms with Gasteiger partial charge in [-0.25, -0.2) is 4.79 Å². The predicted molar refractivity (Wildman–Crippen MR) is 80.9 cm³/mol. The van der Waals surface area contributed by atoms with Crippen LogP contribution in [0.3, 0.4) is 0 Å². The van der Waals surface area contributed by atoms with E-state index >= 15 is 0 Å². The highest BCUT2D eigenvalue weighted by molar-refractivity contribution is 5.76. The maximum Gasteiger partial charge on any atom is 0.328 e. The fourth-order valence-corrected chi connectivity index (χ4v) is 2.11. The molecule has 0 saturated carbocycles. The summed E-state index contributed by atoms with van der Waals surface area (Å²) in [5, 5.41) is 2.79. The van der Waals surface area contributed by atoms with Crippen LogP contribution in [0.5, 0.6) is 5.75 Å². The minimum absolute atomic E-state index is 0.172. The Morgan fingerprint density at radius 3 is 2.73 bits per heavy atom. The molecule has 0 aliphatic heterocycles. The summed E-state index contributed by atoms with van der Waals surface area (Å²) < 4.78 is 6.38. The summed E-state index contributed by atoms with van der Waals surface area (Å²) >= 11 is 0. The number of nitrogens with zero attached hydrogens (tertiary/aromatic N) is 1. The lowest BCUT2D eigenvalue weighted by Crippen LogP contribution is -2.36. The molecular weight excluding hydrogens is 286 g/mol. The molecule has 0 radical (unpaired) electrons. The molecule has 22 heavy (non-hydrogen) atoms. The Hall–Kier alpha value is -2.83. The van der Waals surface area contributed by atoms with Crippen molar-refractivity contribution in [3.05, 3.63) is 62.9 Å². The number of hydrogen-bond donors (Lipinski definition) is 2. The lowest BCUT2D eigenvalue weighted by atomic mass is 10.1. The smallest absolute Gasteiger partial charge is 0.328 e. The number of rotatable bonds is 5. The molecule has 0 aliphatic carbocycles. The molecule has 1 atom stereocenters. The van der Waals surface area contributed by atoms with Crippen molar-refractivity contribution in [1.82, 2.24) is 14.9 Å². The molecule has 0 fully saturated rings. The van der Waals surface area contributed by atoms with Crippen LogP contribution in [0.15, 0.2) is 46.1 Å². The number of carbonyl (C=O) groups excluding carboxylic acids is 1. The largest absolute Gasteiger partial charge is 0.496 e. The van der Waals surface area contributed by atoms with Crippen molar-refractivity contribution < 1.29 is 9.53 Å². The average Bonchev–Trinajstić information content (AvgIpc) is 2.50. The quantitative estimate of drug-likeness (QED) is 0.837. The topological polar surface area (TPSA) is 93.2 Å². The number of amides is 1. The fraction of sp³-hybridized carbons (Fsp3) is 0.267. The minimum atomic E-state index is -0.618. The van der Waals surface area contributed by atoms with Crippen LogP contribution >= 0.6 is 0 Å². The third-order valence-corrected chi connectivity index (χ3v) is 3.19. The van der Waals surface area contributed by atoms with Gasteiger partial charge in [0.2, 0.25) is 5.91 Å². The molecule has 1 unspecified atom stereocenters. The number of methoxy groups -OCH3 is 1. The van der Waals surface area contributed by atoms with Gasteiger partial charge in [-0.15, -0.1) is 0 Å². The van der Waals surface area contributed by atoms with Gasteiger partial charge in [0.05, 0.1) is 13.2 Å². The SMILES string of the molecule is COc1ccccc1C(C)NC(=O)Cn1ccc(=O)[nH]c1=O. The van der Waals surface area contributed by atoms with E-state index in [1.54, 1.807) is 7.11 Å². The predicted octanol–water partition coefficient (Wildman–Crippen LogP) is 0.423. The Labute approximate surface area is 126 Å². The van der Waals surface area contributed by atoms with Crippen LogP contribution in [0.4, 0.5) is 0 Å². The summed E-state index contributed by atoms with van der Waals surface area (Å²) in [5.41, 5.74) is -0.274. The molecule has 0 saturated heterocycles. The maximum atomic E-state index is 12.0. The van der Waals surface area contributed by atoms with Crippen LogP contribution in [-0.4, -0.2) is 22.6 Å². The Morgan fingerprint density at radius 2 is 2.05 bits per heavy atom. The first kappa shape index (κ1) is 15.6. The number of carbonyl (C=O) groups is 1. The van der Waals surface area contributed by atoms with Crippen LogP contribution in [-0.2, 0) is 11.3 Å². The summed E-state index contributed by atoms with van der Waals surface area (Å²) in [4.78, 5) is 36.6. The molecule has 1 heterocycles. The zero-order chi connectivity index (χ0) is 16.1. The van der Waals surface area contributed by atoms with Crippen molar-refractivity contribution in [2.24, 2.45) is 0 Å². The molecule has 0 bridgehead atoms. The van der Waals surface area contributed by atoms with Gasteiger partial charge in [0, 0.05) is 17.8 Å². The number of H-pyrrole nitrogens is 1. The molecule has 1 aromatic heterocycles. The zero-order valence-corrected chi connectivity index (χ0v) is 12.3. The molecule has 1 aromatic carbocycles. The maximum absolute atomic E-state index is 12.0. The van der Waals surface area contributed by atoms with Crippen molar-refractivity contribution in [2.75, 3.05) is 7.11 Å². The molecule has 7 heteroatoms. The number of hydrogen-bond acceptors (Lipinski definition) is 4. The van der Waals surface area contributed by atoms with E-state index in [0.29, 0.717) is 5.75 Å². The van der Waals surface area contributed by atoms with E-state index in [0.717, 1.165) is 10.1 Å². The van der Waals surface area contributed by atoms with Gasteiger partial charge in [-0.3, -0.25) is 19.1 Å². The molecule has 0 spiro atoms. The number of ether oxygens (including phenoxy) is 1. The number of nitrogens with one attached hydrogen (secondary N) is 2. The second kappa shape index (κ2) is 6.75. The molecule has 2 rings (SSSR count). The van der Waals surface area contributed by atoms with E-state index in [4.69, 9.17) is 4.74 Å². The van der Waals surface area contributed by atoms with Crippen molar-refractivity contribution in [3.63, 3.8) is 0 Å². The molecular formula is C15H17N3O4. The van der Waals surface area contributed by atoms with Crippen molar-refractivity contribution in [3.8, 4) is 5.75 Å². The summed E-state index contributed by atoms with van der Waals surface area (Å²) in [6.07, 6.45) is 1.29. The molecule has 0 aliphatic rings. The van der Waals surface area contributed by atoms with Gasteiger partial charge in [-0.1, -0.05) is 18.2 Å². The molecule has 1 amide bonds. The first-order chi connectivity index (χ1) is 10.5. The summed E-state index contributed by atoms with van der Waals surface area (Å²) in [5.74, 6) is 0.337. The van der Waals surface area contributed by atoms with Crippen LogP contribution in [0, 0.1) is 0 Å². The van der Waals surface area contributed by atoms with Gasteiger partial charge in [0.1, 0.15) is 12.3 Å². The first-order valence-corrected chi connectivity index (χ1v) is 6.73. The number of para-hydroxylation sites is 1. The number of aromatic amines is 1. The van der Waals surface area contributed by atoms with Crippen molar-refractivity contribution in [2.45, 2.75) is 19.5 Å². The minimum Gasteiger partial charge on any atom is -0.496 e. The van der Waals surface area contributed by atoms with Crippen LogP contribution in [0.2, 0.25) is 0 Å². The third-order valence-electron chi connectivity index (χ3n) is 3.19. The zero-order valence-electron chi connectivity index (χ0n) is 12.3. The lowest BCUT2D eigenvalue weighted by Gasteiger charge is -2.17. The van der Waals surface area contributed by atoms with E-state index in [-0.39, 0.29) is 18.5 Å². The van der Waals surface area contributed by atoms with Crippen LogP contribution in [0.25, 0.3) is 0 Å². The average molecular weight is 303 g/mol. The van der Waals surface area contributed by atoms with E-state index < -0.39 is 11.2 Å². The van der Waals surface area contributed by atoms with E-state index in [9.17, 15) is 14.4 Å². The molecule has 7 nitrogen and oxygen atoms in total. The van der Waals surface area contributed by atoms with Gasteiger partial charge < -0.3 is 10.1 Å². The molecule has 2 aromatic rings. The lowest BCUT2D eigenvalue weighted by molar-refractivity contribution is -0.122. The van der Waals surface area contributed by atoms with Gasteiger partial charge in [0.15, 0.2) is 0 Å². The van der Waals surface area contributed by atoms with E-state index in [2.05, 4.69) is 10.3 Å². The number of benzene rings is 1. The second-order valence-corrected chi connectivity index (χ2v) is 4.77. The Morgan fingerprint density at radius 1 is 1.32 bits per heavy atom. The van der Waals surface area contributed by atoms with E-state index in [1.807, 2.05) is 31.2 Å². The third kappa shape index (κ3) is 3.63. The van der Waals surface area contributed by atoms with Gasteiger partial charge in [-0.2, -0.15) is 0 Å². The summed E-state index contributed by atoms with van der Waals surface area (Å²) in [6, 6.07) is 8.28. The van der Waals surface area contributed by atoms with Gasteiger partial charge in [0.25, 0.3) is 5.56 Å². The highest BCUT2D eigenvalue weighted by Gasteiger charge is 2.14. The highest BCUT2D eigenvalue weighted by Crippen LogP contribution is 2.24. The van der Waals surface area contributed by atoms with Crippen LogP contribution < -0.4 is 21.3 Å². The Balaban J connectivity index is 2.08. The number of aromatic nitrogens is 2. The summed E-state index contributed by atoms with van der Waals surface area (Å²) in [6.45, 7) is 1.65. The fourth-order valence-electron chi connectivity index (χ4n) is 2.11. The monoisotopic (exact) mass is 303 g/mol. The normalized spacial score (nSPS) is 11.7. The van der Waals surface area contributed by atoms with E-state index in [1.165, 1.54) is 12.3 Å².